The Bertz CT molecular complexity index is 337. The van der Waals surface area contributed by atoms with E-state index in [0.717, 1.165) is 18.8 Å². The maximum atomic E-state index is 5.75. The number of hydrogen-bond acceptors (Lipinski definition) is 2. The van der Waals surface area contributed by atoms with Crippen molar-refractivity contribution in [1.29, 1.82) is 0 Å². The Morgan fingerprint density at radius 1 is 1.44 bits per heavy atom. The van der Waals surface area contributed by atoms with Gasteiger partial charge in [-0.05, 0) is 31.4 Å². The van der Waals surface area contributed by atoms with Crippen molar-refractivity contribution in [3.63, 3.8) is 0 Å². The smallest absolute Gasteiger partial charge is 0.122 e. The molecule has 2 atom stereocenters. The summed E-state index contributed by atoms with van der Waals surface area (Å²) >= 11 is 0. The molecule has 1 N–H and O–H groups in total. The van der Waals surface area contributed by atoms with Gasteiger partial charge in [0.05, 0.1) is 0 Å². The predicted octanol–water partition coefficient (Wildman–Crippen LogP) is 2.77. The van der Waals surface area contributed by atoms with Gasteiger partial charge < -0.3 is 10.1 Å². The molecule has 0 spiro atoms. The molecule has 1 aromatic carbocycles. The number of para-hydroxylation sites is 1. The summed E-state index contributed by atoms with van der Waals surface area (Å²) in [6.45, 7) is 5.28. The van der Waals surface area contributed by atoms with Gasteiger partial charge in [-0.25, -0.2) is 0 Å². The minimum atomic E-state index is 0.469. The second-order valence-corrected chi connectivity index (χ2v) is 4.68. The number of hydrogen-bond donors (Lipinski definition) is 1. The minimum absolute atomic E-state index is 0.469. The van der Waals surface area contributed by atoms with Crippen LogP contribution in [0.3, 0.4) is 0 Å². The molecule has 88 valence electrons. The highest BCUT2D eigenvalue weighted by Gasteiger charge is 2.20. The summed E-state index contributed by atoms with van der Waals surface area (Å²) in [5.74, 6) is 1.06. The molecule has 0 radical (unpaired) electrons. The van der Waals surface area contributed by atoms with Crippen molar-refractivity contribution in [2.45, 2.75) is 45.2 Å². The van der Waals surface area contributed by atoms with E-state index in [1.54, 1.807) is 0 Å². The van der Waals surface area contributed by atoms with Crippen LogP contribution in [0.5, 0.6) is 5.75 Å². The lowest BCUT2D eigenvalue weighted by atomic mass is 10.0. The van der Waals surface area contributed by atoms with Gasteiger partial charge in [0.15, 0.2) is 0 Å². The van der Waals surface area contributed by atoms with E-state index in [9.17, 15) is 0 Å². The molecule has 1 aromatic rings. The van der Waals surface area contributed by atoms with Crippen LogP contribution in [0.25, 0.3) is 0 Å². The Morgan fingerprint density at radius 3 is 3.06 bits per heavy atom. The summed E-state index contributed by atoms with van der Waals surface area (Å²) in [4.78, 5) is 0. The van der Waals surface area contributed by atoms with E-state index in [4.69, 9.17) is 4.74 Å². The molecular weight excluding hydrogens is 198 g/mol. The minimum Gasteiger partial charge on any atom is -0.492 e. The molecular formula is C14H21NO. The molecule has 16 heavy (non-hydrogen) atoms. The van der Waals surface area contributed by atoms with Crippen molar-refractivity contribution in [1.82, 2.24) is 5.32 Å². The highest BCUT2D eigenvalue weighted by molar-refractivity contribution is 5.35. The molecule has 1 aliphatic heterocycles. The highest BCUT2D eigenvalue weighted by Crippen LogP contribution is 2.24. The zero-order valence-electron chi connectivity index (χ0n) is 10.2. The normalized spacial score (nSPS) is 21.0. The molecule has 0 aliphatic carbocycles. The largest absolute Gasteiger partial charge is 0.492 e. The monoisotopic (exact) mass is 219 g/mol. The van der Waals surface area contributed by atoms with E-state index in [2.05, 4.69) is 37.4 Å². The van der Waals surface area contributed by atoms with Crippen LogP contribution in [0.1, 0.15) is 32.3 Å². The maximum absolute atomic E-state index is 5.75. The average Bonchev–Trinajstić information content (AvgIpc) is 2.29. The zero-order valence-corrected chi connectivity index (χ0v) is 10.2. The second kappa shape index (κ2) is 5.35. The van der Waals surface area contributed by atoms with E-state index in [0.29, 0.717) is 12.1 Å². The zero-order chi connectivity index (χ0) is 11.4. The van der Waals surface area contributed by atoms with Crippen LogP contribution in [0.4, 0.5) is 0 Å². The van der Waals surface area contributed by atoms with Gasteiger partial charge in [-0.15, -0.1) is 0 Å². The SMILES string of the molecule is CCCC(C)NC1COc2ccccc2C1. The second-order valence-electron chi connectivity index (χ2n) is 4.68. The summed E-state index contributed by atoms with van der Waals surface area (Å²) in [5.41, 5.74) is 1.33. The van der Waals surface area contributed by atoms with E-state index < -0.39 is 0 Å². The molecule has 0 saturated carbocycles. The van der Waals surface area contributed by atoms with Crippen LogP contribution in [-0.2, 0) is 6.42 Å². The van der Waals surface area contributed by atoms with Crippen LogP contribution in [0.15, 0.2) is 24.3 Å². The van der Waals surface area contributed by atoms with Crippen molar-refractivity contribution in [2.75, 3.05) is 6.61 Å². The molecule has 2 nitrogen and oxygen atoms in total. The number of nitrogens with one attached hydrogen (secondary N) is 1. The Balaban J connectivity index is 1.92. The van der Waals surface area contributed by atoms with E-state index in [1.165, 1.54) is 18.4 Å². The van der Waals surface area contributed by atoms with E-state index in [-0.39, 0.29) is 0 Å². The van der Waals surface area contributed by atoms with Gasteiger partial charge in [-0.1, -0.05) is 31.5 Å². The number of rotatable bonds is 4. The first kappa shape index (κ1) is 11.5. The van der Waals surface area contributed by atoms with Gasteiger partial charge in [-0.2, -0.15) is 0 Å². The fourth-order valence-corrected chi connectivity index (χ4v) is 2.35. The van der Waals surface area contributed by atoms with Gasteiger partial charge in [0.2, 0.25) is 0 Å². The average molecular weight is 219 g/mol. The summed E-state index contributed by atoms with van der Waals surface area (Å²) < 4.78 is 5.75. The fourth-order valence-electron chi connectivity index (χ4n) is 2.35. The number of ether oxygens (including phenoxy) is 1. The summed E-state index contributed by atoms with van der Waals surface area (Å²) in [7, 11) is 0. The summed E-state index contributed by atoms with van der Waals surface area (Å²) in [6.07, 6.45) is 3.56. The van der Waals surface area contributed by atoms with Crippen molar-refractivity contribution < 1.29 is 4.74 Å². The van der Waals surface area contributed by atoms with Crippen molar-refractivity contribution >= 4 is 0 Å². The van der Waals surface area contributed by atoms with E-state index >= 15 is 0 Å². The molecule has 1 aliphatic rings. The lowest BCUT2D eigenvalue weighted by molar-refractivity contribution is 0.227. The molecule has 0 fully saturated rings. The molecule has 0 aromatic heterocycles. The lowest BCUT2D eigenvalue weighted by Gasteiger charge is -2.28. The molecule has 0 amide bonds. The third-order valence-electron chi connectivity index (χ3n) is 3.12. The maximum Gasteiger partial charge on any atom is 0.122 e. The topological polar surface area (TPSA) is 21.3 Å². The van der Waals surface area contributed by atoms with Crippen LogP contribution >= 0.6 is 0 Å². The third kappa shape index (κ3) is 2.76. The summed E-state index contributed by atoms with van der Waals surface area (Å²) in [5, 5.41) is 3.64. The molecule has 2 unspecified atom stereocenters. The summed E-state index contributed by atoms with van der Waals surface area (Å²) in [6, 6.07) is 9.39. The van der Waals surface area contributed by atoms with Crippen LogP contribution in [-0.4, -0.2) is 18.7 Å². The van der Waals surface area contributed by atoms with E-state index in [1.807, 2.05) is 6.07 Å². The Labute approximate surface area is 98.0 Å². The Kier molecular flexibility index (Phi) is 3.83. The molecule has 0 saturated heterocycles. The first-order valence-corrected chi connectivity index (χ1v) is 6.26. The van der Waals surface area contributed by atoms with Gasteiger partial charge in [-0.3, -0.25) is 0 Å². The molecule has 1 heterocycles. The van der Waals surface area contributed by atoms with Crippen molar-refractivity contribution in [3.05, 3.63) is 29.8 Å². The van der Waals surface area contributed by atoms with Crippen LogP contribution in [0.2, 0.25) is 0 Å². The third-order valence-corrected chi connectivity index (χ3v) is 3.12. The number of fused-ring (bicyclic) bond motifs is 1. The number of benzene rings is 1. The van der Waals surface area contributed by atoms with Gasteiger partial charge in [0, 0.05) is 12.1 Å². The Hall–Kier alpha value is -1.02. The van der Waals surface area contributed by atoms with Gasteiger partial charge >= 0.3 is 0 Å². The quantitative estimate of drug-likeness (QED) is 0.840. The standard InChI is InChI=1S/C14H21NO/c1-3-6-11(2)15-13-9-12-7-4-5-8-14(12)16-10-13/h4-5,7-8,11,13,15H,3,6,9-10H2,1-2H3. The highest BCUT2D eigenvalue weighted by atomic mass is 16.5. The lowest BCUT2D eigenvalue weighted by Crippen LogP contribution is -2.43. The Morgan fingerprint density at radius 2 is 2.25 bits per heavy atom. The van der Waals surface area contributed by atoms with Crippen molar-refractivity contribution in [3.8, 4) is 5.75 Å². The van der Waals surface area contributed by atoms with Gasteiger partial charge in [0.1, 0.15) is 12.4 Å². The van der Waals surface area contributed by atoms with Crippen molar-refractivity contribution in [2.24, 2.45) is 0 Å². The first-order valence-electron chi connectivity index (χ1n) is 6.26. The predicted molar refractivity (Wildman–Crippen MR) is 66.9 cm³/mol. The van der Waals surface area contributed by atoms with Gasteiger partial charge in [0.25, 0.3) is 0 Å². The molecule has 2 heteroatoms. The fraction of sp³-hybridized carbons (Fsp3) is 0.571. The molecule has 0 bridgehead atoms. The molecule has 2 rings (SSSR count). The first-order chi connectivity index (χ1) is 7.79. The van der Waals surface area contributed by atoms with Crippen LogP contribution in [0, 0.1) is 0 Å². The van der Waals surface area contributed by atoms with Crippen LogP contribution < -0.4 is 10.1 Å².